The Balaban J connectivity index is 2.00. The van der Waals surface area contributed by atoms with E-state index in [2.05, 4.69) is 21.3 Å². The van der Waals surface area contributed by atoms with Gasteiger partial charge in [-0.15, -0.1) is 0 Å². The molecular formula is C76H121F3N12O14. The van der Waals surface area contributed by atoms with E-state index in [1.807, 2.05) is 34.6 Å². The number of ether oxygens (including phenoxy) is 1. The van der Waals surface area contributed by atoms with Crippen molar-refractivity contribution in [3.05, 3.63) is 71.8 Å². The molecule has 0 radical (unpaired) electrons. The van der Waals surface area contributed by atoms with Crippen LogP contribution >= 0.6 is 0 Å². The normalized spacial score (nSPS) is 24.8. The first kappa shape index (κ1) is 89.6. The molecule has 105 heavy (non-hydrogen) atoms. The molecule has 29 heteroatoms. The van der Waals surface area contributed by atoms with Gasteiger partial charge in [-0.1, -0.05) is 122 Å². The van der Waals surface area contributed by atoms with Crippen LogP contribution in [0.15, 0.2) is 60.7 Å². The number of benzene rings is 2. The van der Waals surface area contributed by atoms with E-state index in [1.54, 1.807) is 107 Å². The van der Waals surface area contributed by atoms with Crippen LogP contribution in [0.1, 0.15) is 164 Å². The van der Waals surface area contributed by atoms with Crippen molar-refractivity contribution in [2.24, 2.45) is 17.8 Å². The zero-order valence-corrected chi connectivity index (χ0v) is 65.0. The van der Waals surface area contributed by atoms with E-state index >= 15 is 24.0 Å². The number of halogens is 3. The molecule has 3 unspecified atom stereocenters. The largest absolute Gasteiger partial charge is 0.414 e. The van der Waals surface area contributed by atoms with Gasteiger partial charge in [0.25, 0.3) is 0 Å². The average Bonchev–Trinajstić information content (AvgIpc) is 0.815. The maximum absolute atomic E-state index is 15.5. The summed E-state index contributed by atoms with van der Waals surface area (Å²) in [5.74, 6) is -9.53. The number of unbranched alkanes of at least 4 members (excludes halogenated alkanes) is 1. The summed E-state index contributed by atoms with van der Waals surface area (Å²) < 4.78 is 47.6. The molecule has 0 aromatic heterocycles. The summed E-state index contributed by atoms with van der Waals surface area (Å²) in [6.07, 6.45) is -9.12. The van der Waals surface area contributed by atoms with E-state index in [1.165, 1.54) is 52.1 Å². The molecular weight excluding hydrogens is 1360 g/mol. The third-order valence-electron chi connectivity index (χ3n) is 19.5. The van der Waals surface area contributed by atoms with Gasteiger partial charge in [-0.2, -0.15) is 13.2 Å². The van der Waals surface area contributed by atoms with Gasteiger partial charge in [0.1, 0.15) is 54.6 Å². The number of carbonyl (C=O) groups excluding carboxylic acids is 11. The number of aliphatic hydroxyl groups excluding tert-OH is 2. The van der Waals surface area contributed by atoms with E-state index in [9.17, 15) is 52.2 Å². The van der Waals surface area contributed by atoms with Crippen LogP contribution in [0.25, 0.3) is 0 Å². The highest BCUT2D eigenvalue weighted by Gasteiger charge is 2.44. The van der Waals surface area contributed by atoms with E-state index in [0.717, 1.165) is 30.9 Å². The average molecular weight is 1480 g/mol. The number of rotatable bonds is 20. The van der Waals surface area contributed by atoms with Gasteiger partial charge >= 0.3 is 6.18 Å². The summed E-state index contributed by atoms with van der Waals surface area (Å²) in [4.78, 5) is 175. The molecule has 2 aromatic carbocycles. The molecule has 590 valence electrons. The number of carbonyl (C=O) groups is 11. The summed E-state index contributed by atoms with van der Waals surface area (Å²) in [5.41, 5.74) is 0.333. The molecule has 2 heterocycles. The lowest BCUT2D eigenvalue weighted by molar-refractivity contribution is -0.205. The maximum atomic E-state index is 15.5. The fourth-order valence-electron chi connectivity index (χ4n) is 13.0. The zero-order valence-electron chi connectivity index (χ0n) is 65.0. The lowest BCUT2D eigenvalue weighted by atomic mass is 9.98. The van der Waals surface area contributed by atoms with Crippen LogP contribution in [0, 0.1) is 17.8 Å². The Kier molecular flexibility index (Phi) is 35.8. The molecule has 11 amide bonds. The topological polar surface area (TPSA) is 312 Å². The van der Waals surface area contributed by atoms with Gasteiger partial charge < -0.3 is 70.1 Å². The van der Waals surface area contributed by atoms with Crippen molar-refractivity contribution in [1.29, 1.82) is 0 Å². The number of nitrogens with one attached hydrogen (secondary N) is 4. The number of likely N-dealkylation sites (N-methyl/N-ethyl adjacent to an activating group) is 6. The Morgan fingerprint density at radius 3 is 1.63 bits per heavy atom. The Hall–Kier alpha value is -7.76. The second kappa shape index (κ2) is 42.0. The Bertz CT molecular complexity index is 3170. The zero-order chi connectivity index (χ0) is 79.0. The van der Waals surface area contributed by atoms with Gasteiger partial charge in [-0.3, -0.25) is 58.1 Å². The second-order valence-corrected chi connectivity index (χ2v) is 30.4. The number of likely N-dealkylation sites (tertiary alicyclic amines) is 1. The molecule has 0 aliphatic carbocycles. The van der Waals surface area contributed by atoms with Crippen molar-refractivity contribution in [2.45, 2.75) is 245 Å². The van der Waals surface area contributed by atoms with E-state index in [-0.39, 0.29) is 56.9 Å². The first-order valence-electron chi connectivity index (χ1n) is 37.1. The molecule has 2 saturated heterocycles. The standard InChI is InChI=1S/C76H121F3N12O14/c1-18-20-37-91-46-64(95)86(14)60(43-52-33-26-22-27-34-52)73(103)89(17)58(41-49(5)6)68(98)82-55(47-105-75(9,10)11)70(100)88(16)57(40-48(3)4)67(97)81-54(72(102)90-38-28-23-29-39-90)44-62(93)84(12)45-63(94)85(13)59(42-51-31-24-21-25-32-51)69(99)83-65(50(7)8)74(104)87(15)56(19-2)66(96)80-53(71(91)101)35-30-36-61(92)76(77,78)79/h21-22,24-27,31-34,48-50,53-61,65,67,81,92,97H,18-20,23,28-30,35-47H2,1-17H3,(H,80,96)(H,82,98)(H,83,99)/t53-,54-,55-,56-,57-,58-,59?,60-,61?,65-,67?/m0/s1. The summed E-state index contributed by atoms with van der Waals surface area (Å²) in [5, 5.41) is 34.0. The fraction of sp³-hybridized carbons (Fsp3) is 0.697. The van der Waals surface area contributed by atoms with Crippen molar-refractivity contribution in [3.8, 4) is 0 Å². The highest BCUT2D eigenvalue weighted by atomic mass is 19.4. The van der Waals surface area contributed by atoms with E-state index in [4.69, 9.17) is 4.74 Å². The van der Waals surface area contributed by atoms with Crippen LogP contribution in [0.2, 0.25) is 0 Å². The first-order chi connectivity index (χ1) is 49.1. The van der Waals surface area contributed by atoms with Gasteiger partial charge in [0.05, 0.1) is 43.8 Å². The van der Waals surface area contributed by atoms with E-state index < -0.39 is 195 Å². The van der Waals surface area contributed by atoms with Crippen LogP contribution in [-0.2, 0) is 70.3 Å². The third-order valence-corrected chi connectivity index (χ3v) is 19.5. The maximum Gasteiger partial charge on any atom is 0.414 e. The molecule has 0 spiro atoms. The monoisotopic (exact) mass is 1480 g/mol. The minimum Gasteiger partial charge on any atom is -0.384 e. The number of alkyl halides is 3. The molecule has 4 rings (SSSR count). The molecule has 0 saturated carbocycles. The molecule has 11 atom stereocenters. The molecule has 6 N–H and O–H groups in total. The molecule has 2 aliphatic heterocycles. The summed E-state index contributed by atoms with van der Waals surface area (Å²) in [6, 6.07) is 4.89. The van der Waals surface area contributed by atoms with Crippen molar-refractivity contribution < 1.29 is 80.9 Å². The predicted molar refractivity (Wildman–Crippen MR) is 392 cm³/mol. The molecule has 2 fully saturated rings. The van der Waals surface area contributed by atoms with Gasteiger partial charge in [-0.05, 0) is 114 Å². The van der Waals surface area contributed by atoms with Gasteiger partial charge in [-0.25, -0.2) is 0 Å². The van der Waals surface area contributed by atoms with Crippen LogP contribution in [0.4, 0.5) is 13.2 Å². The number of aliphatic hydroxyl groups is 2. The Morgan fingerprint density at radius 1 is 0.590 bits per heavy atom. The minimum atomic E-state index is -5.03. The molecule has 0 bridgehead atoms. The van der Waals surface area contributed by atoms with Gasteiger partial charge in [0.2, 0.25) is 65.0 Å². The summed E-state index contributed by atoms with van der Waals surface area (Å²) in [6.45, 7) is 18.2. The van der Waals surface area contributed by atoms with Crippen LogP contribution < -0.4 is 21.3 Å². The Labute approximate surface area is 619 Å². The quantitative estimate of drug-likeness (QED) is 0.103. The molecule has 2 aliphatic rings. The van der Waals surface area contributed by atoms with Crippen molar-refractivity contribution in [2.75, 3.05) is 81.6 Å². The number of piperidine rings is 1. The number of hydrogen-bond acceptors (Lipinski definition) is 15. The van der Waals surface area contributed by atoms with Gasteiger partial charge in [0.15, 0.2) is 0 Å². The first-order valence-corrected chi connectivity index (χ1v) is 37.1. The van der Waals surface area contributed by atoms with E-state index in [0.29, 0.717) is 43.5 Å². The second-order valence-electron chi connectivity index (χ2n) is 30.4. The highest BCUT2D eigenvalue weighted by Crippen LogP contribution is 2.26. The van der Waals surface area contributed by atoms with Crippen LogP contribution in [0.5, 0.6) is 0 Å². The SMILES string of the molecule is CCCCN1CC(=O)N(C)[C@@H](Cc2ccccc2)C(=O)N(C)[C@@H](CC(C)C)C(=O)N[C@@H](COC(C)(C)C)C(=O)N(C)[C@@H](CC(C)C)C(O)N[C@H](C(=O)N2CCCCC2)CC(=O)N(C)CC(=O)N(C)C(Cc2ccccc2)C(=O)N[C@@H](C(C)C)C(=O)N(C)[C@@H](CC)C(=O)N[C@@H](CCCC(O)C(F)(F)F)C1=O. The van der Waals surface area contributed by atoms with Crippen LogP contribution in [0.3, 0.4) is 0 Å². The molecule has 2 aromatic rings. The number of hydrogen-bond donors (Lipinski definition) is 6. The van der Waals surface area contributed by atoms with Crippen LogP contribution in [-0.4, -0.2) is 274 Å². The van der Waals surface area contributed by atoms with Gasteiger partial charge in [0, 0.05) is 74.8 Å². The summed E-state index contributed by atoms with van der Waals surface area (Å²) >= 11 is 0. The minimum absolute atomic E-state index is 0.0311. The Morgan fingerprint density at radius 2 is 1.10 bits per heavy atom. The van der Waals surface area contributed by atoms with Crippen molar-refractivity contribution >= 4 is 65.0 Å². The lowest BCUT2D eigenvalue weighted by Crippen LogP contribution is -2.62. The smallest absolute Gasteiger partial charge is 0.384 e. The van der Waals surface area contributed by atoms with Crippen molar-refractivity contribution in [1.82, 2.24) is 60.5 Å². The summed E-state index contributed by atoms with van der Waals surface area (Å²) in [7, 11) is 8.20. The highest BCUT2D eigenvalue weighted by molar-refractivity contribution is 5.98. The third kappa shape index (κ3) is 27.5. The van der Waals surface area contributed by atoms with Crippen molar-refractivity contribution in [3.63, 3.8) is 0 Å². The number of nitrogens with zero attached hydrogens (tertiary/aromatic N) is 8. The molecule has 26 nitrogen and oxygen atoms in total. The number of amides is 11. The predicted octanol–water partition coefficient (Wildman–Crippen LogP) is 4.91. The lowest BCUT2D eigenvalue weighted by Gasteiger charge is -2.39. The fourth-order valence-corrected chi connectivity index (χ4v) is 13.0.